The Balaban J connectivity index is 1.56. The van der Waals surface area contributed by atoms with Crippen LogP contribution in [-0.4, -0.2) is 21.6 Å². The molecule has 0 aliphatic carbocycles. The van der Waals surface area contributed by atoms with Crippen LogP contribution >= 0.6 is 11.6 Å². The highest BCUT2D eigenvalue weighted by Gasteiger charge is 2.17. The Bertz CT molecular complexity index is 1430. The van der Waals surface area contributed by atoms with Crippen LogP contribution in [0.15, 0.2) is 65.5 Å². The molecule has 0 aliphatic heterocycles. The molecule has 1 N–H and O–H groups in total. The van der Waals surface area contributed by atoms with E-state index in [0.717, 1.165) is 11.1 Å². The summed E-state index contributed by atoms with van der Waals surface area (Å²) in [6.07, 6.45) is -0.709. The summed E-state index contributed by atoms with van der Waals surface area (Å²) < 4.78 is 7.34. The molecule has 168 valence electrons. The Morgan fingerprint density at radius 2 is 1.79 bits per heavy atom. The van der Waals surface area contributed by atoms with Crippen molar-refractivity contribution in [2.75, 3.05) is 5.32 Å². The number of fused-ring (bicyclic) bond motifs is 1. The van der Waals surface area contributed by atoms with E-state index in [4.69, 9.17) is 16.3 Å². The minimum Gasteiger partial charge on any atom is -0.481 e. The number of benzene rings is 3. The van der Waals surface area contributed by atoms with E-state index in [2.05, 4.69) is 10.3 Å². The molecule has 1 amide bonds. The first-order valence-corrected chi connectivity index (χ1v) is 11.0. The standard InChI is InChI=1S/C26H24ClN3O3/c1-15-14-20(10-11-22(15)27)33-17(3)25(31)29-23-12-9-19(13-16(23)2)30-18(4)28-24-8-6-5-7-21(24)26(30)32/h5-14,17H,1-4H3,(H,29,31). The van der Waals surface area contributed by atoms with Gasteiger partial charge in [-0.3, -0.25) is 14.2 Å². The predicted molar refractivity (Wildman–Crippen MR) is 132 cm³/mol. The fourth-order valence-electron chi connectivity index (χ4n) is 3.66. The lowest BCUT2D eigenvalue weighted by Crippen LogP contribution is -2.30. The third-order valence-corrected chi connectivity index (χ3v) is 5.91. The number of hydrogen-bond acceptors (Lipinski definition) is 4. The van der Waals surface area contributed by atoms with Crippen molar-refractivity contribution in [1.82, 2.24) is 9.55 Å². The van der Waals surface area contributed by atoms with Gasteiger partial charge in [-0.25, -0.2) is 4.98 Å². The van der Waals surface area contributed by atoms with Crippen molar-refractivity contribution >= 4 is 34.1 Å². The summed E-state index contributed by atoms with van der Waals surface area (Å²) in [6.45, 7) is 7.24. The Hall–Kier alpha value is -3.64. The molecule has 0 bridgehead atoms. The summed E-state index contributed by atoms with van der Waals surface area (Å²) >= 11 is 6.05. The molecule has 1 aromatic heterocycles. The Morgan fingerprint density at radius 1 is 1.03 bits per heavy atom. The van der Waals surface area contributed by atoms with Gasteiger partial charge in [-0.1, -0.05) is 23.7 Å². The van der Waals surface area contributed by atoms with Crippen LogP contribution in [0.25, 0.3) is 16.6 Å². The highest BCUT2D eigenvalue weighted by atomic mass is 35.5. The number of rotatable bonds is 5. The van der Waals surface area contributed by atoms with Crippen LogP contribution in [0.3, 0.4) is 0 Å². The second-order valence-corrected chi connectivity index (χ2v) is 8.38. The molecule has 0 saturated heterocycles. The minimum absolute atomic E-state index is 0.130. The highest BCUT2D eigenvalue weighted by molar-refractivity contribution is 6.31. The molecule has 33 heavy (non-hydrogen) atoms. The van der Waals surface area contributed by atoms with Gasteiger partial charge in [0, 0.05) is 10.7 Å². The molecular formula is C26H24ClN3O3. The predicted octanol–water partition coefficient (Wildman–Crippen LogP) is 5.37. The summed E-state index contributed by atoms with van der Waals surface area (Å²) in [5.41, 5.74) is 3.56. The number of nitrogens with zero attached hydrogens (tertiary/aromatic N) is 2. The second-order valence-electron chi connectivity index (χ2n) is 7.98. The van der Waals surface area contributed by atoms with Gasteiger partial charge in [-0.2, -0.15) is 0 Å². The van der Waals surface area contributed by atoms with Crippen molar-refractivity contribution in [1.29, 1.82) is 0 Å². The van der Waals surface area contributed by atoms with E-state index in [9.17, 15) is 9.59 Å². The minimum atomic E-state index is -0.709. The first-order chi connectivity index (χ1) is 15.7. The van der Waals surface area contributed by atoms with Gasteiger partial charge in [0.1, 0.15) is 11.6 Å². The van der Waals surface area contributed by atoms with Crippen LogP contribution in [0, 0.1) is 20.8 Å². The molecule has 1 unspecified atom stereocenters. The molecule has 4 rings (SSSR count). The summed E-state index contributed by atoms with van der Waals surface area (Å²) in [7, 11) is 0. The zero-order valence-electron chi connectivity index (χ0n) is 18.8. The number of amides is 1. The van der Waals surface area contributed by atoms with E-state index in [-0.39, 0.29) is 11.5 Å². The molecule has 4 aromatic rings. The molecule has 6 nitrogen and oxygen atoms in total. The number of carbonyl (C=O) groups excluding carboxylic acids is 1. The van der Waals surface area contributed by atoms with E-state index in [0.29, 0.717) is 38.9 Å². The maximum absolute atomic E-state index is 13.1. The Labute approximate surface area is 196 Å². The normalized spacial score (nSPS) is 11.9. The third-order valence-electron chi connectivity index (χ3n) is 5.48. The van der Waals surface area contributed by atoms with E-state index >= 15 is 0 Å². The molecule has 0 fully saturated rings. The van der Waals surface area contributed by atoms with Gasteiger partial charge in [0.2, 0.25) is 0 Å². The fraction of sp³-hybridized carbons (Fsp3) is 0.192. The summed E-state index contributed by atoms with van der Waals surface area (Å²) in [6, 6.07) is 18.0. The lowest BCUT2D eigenvalue weighted by Gasteiger charge is -2.17. The van der Waals surface area contributed by atoms with Gasteiger partial charge in [-0.05, 0) is 87.4 Å². The lowest BCUT2D eigenvalue weighted by atomic mass is 10.1. The van der Waals surface area contributed by atoms with Crippen molar-refractivity contribution in [3.8, 4) is 11.4 Å². The molecule has 0 radical (unpaired) electrons. The van der Waals surface area contributed by atoms with Gasteiger partial charge < -0.3 is 10.1 Å². The van der Waals surface area contributed by atoms with Crippen molar-refractivity contribution in [2.45, 2.75) is 33.8 Å². The van der Waals surface area contributed by atoms with Crippen LogP contribution in [0.1, 0.15) is 23.9 Å². The van der Waals surface area contributed by atoms with E-state index < -0.39 is 6.10 Å². The number of hydrogen-bond donors (Lipinski definition) is 1. The van der Waals surface area contributed by atoms with Crippen LogP contribution in [0.5, 0.6) is 5.75 Å². The van der Waals surface area contributed by atoms with Crippen LogP contribution in [-0.2, 0) is 4.79 Å². The summed E-state index contributed by atoms with van der Waals surface area (Å²) in [4.78, 5) is 30.3. The number of halogens is 1. The number of aryl methyl sites for hydroxylation is 3. The van der Waals surface area contributed by atoms with Gasteiger partial charge in [0.05, 0.1) is 16.6 Å². The van der Waals surface area contributed by atoms with Gasteiger partial charge in [-0.15, -0.1) is 0 Å². The quantitative estimate of drug-likeness (QED) is 0.433. The molecule has 7 heteroatoms. The van der Waals surface area contributed by atoms with Gasteiger partial charge in [0.25, 0.3) is 11.5 Å². The molecule has 0 aliphatic rings. The number of carbonyl (C=O) groups is 1. The molecule has 0 spiro atoms. The zero-order chi connectivity index (χ0) is 23.7. The maximum Gasteiger partial charge on any atom is 0.265 e. The highest BCUT2D eigenvalue weighted by Crippen LogP contribution is 2.23. The molecule has 3 aromatic carbocycles. The van der Waals surface area contributed by atoms with Gasteiger partial charge >= 0.3 is 0 Å². The largest absolute Gasteiger partial charge is 0.481 e. The molecular weight excluding hydrogens is 438 g/mol. The first kappa shape index (κ1) is 22.6. The first-order valence-electron chi connectivity index (χ1n) is 10.6. The van der Waals surface area contributed by atoms with Crippen molar-refractivity contribution < 1.29 is 9.53 Å². The molecule has 1 atom stereocenters. The smallest absolute Gasteiger partial charge is 0.265 e. The number of aromatic nitrogens is 2. The number of anilines is 1. The third kappa shape index (κ3) is 4.61. The van der Waals surface area contributed by atoms with Crippen LogP contribution in [0.4, 0.5) is 5.69 Å². The SMILES string of the molecule is Cc1cc(OC(C)C(=O)Nc2ccc(-n3c(C)nc4ccccc4c3=O)cc2C)ccc1Cl. The Kier molecular flexibility index (Phi) is 6.20. The number of ether oxygens (including phenoxy) is 1. The van der Waals surface area contributed by atoms with Crippen molar-refractivity contribution in [2.24, 2.45) is 0 Å². The number of nitrogens with one attached hydrogen (secondary N) is 1. The fourth-order valence-corrected chi connectivity index (χ4v) is 3.78. The Morgan fingerprint density at radius 3 is 2.52 bits per heavy atom. The van der Waals surface area contributed by atoms with E-state index in [1.165, 1.54) is 0 Å². The summed E-state index contributed by atoms with van der Waals surface area (Å²) in [5.74, 6) is 0.889. The summed E-state index contributed by atoms with van der Waals surface area (Å²) in [5, 5.41) is 4.10. The lowest BCUT2D eigenvalue weighted by molar-refractivity contribution is -0.122. The van der Waals surface area contributed by atoms with E-state index in [1.807, 2.05) is 38.1 Å². The zero-order valence-corrected chi connectivity index (χ0v) is 19.6. The van der Waals surface area contributed by atoms with Crippen molar-refractivity contribution in [3.05, 3.63) is 93.0 Å². The topological polar surface area (TPSA) is 73.2 Å². The van der Waals surface area contributed by atoms with Crippen molar-refractivity contribution in [3.63, 3.8) is 0 Å². The average molecular weight is 462 g/mol. The van der Waals surface area contributed by atoms with Gasteiger partial charge in [0.15, 0.2) is 6.10 Å². The maximum atomic E-state index is 13.1. The molecule has 1 heterocycles. The van der Waals surface area contributed by atoms with Crippen LogP contribution < -0.4 is 15.6 Å². The van der Waals surface area contributed by atoms with E-state index in [1.54, 1.807) is 54.8 Å². The number of para-hydroxylation sites is 1. The monoisotopic (exact) mass is 461 g/mol. The van der Waals surface area contributed by atoms with Crippen LogP contribution in [0.2, 0.25) is 5.02 Å². The average Bonchev–Trinajstić information content (AvgIpc) is 2.78. The second kappa shape index (κ2) is 9.08. The molecule has 0 saturated carbocycles.